The number of benzene rings is 1. The number of hydrogen-bond acceptors (Lipinski definition) is 5. The number of para-hydroxylation sites is 1. The smallest absolute Gasteiger partial charge is 0.341 e. The van der Waals surface area contributed by atoms with Crippen LogP contribution < -0.4 is 5.32 Å². The van der Waals surface area contributed by atoms with Crippen molar-refractivity contribution in [2.24, 2.45) is 0 Å². The second-order valence-electron chi connectivity index (χ2n) is 4.74. The zero-order valence-corrected chi connectivity index (χ0v) is 12.3. The molecule has 0 aliphatic rings. The van der Waals surface area contributed by atoms with Gasteiger partial charge in [-0.1, -0.05) is 18.2 Å². The fourth-order valence-electron chi connectivity index (χ4n) is 2.22. The van der Waals surface area contributed by atoms with Crippen molar-refractivity contribution in [1.29, 1.82) is 0 Å². The summed E-state index contributed by atoms with van der Waals surface area (Å²) < 4.78 is 5.09. The number of pyridine rings is 1. The predicted octanol–water partition coefficient (Wildman–Crippen LogP) is 2.51. The quantitative estimate of drug-likeness (QED) is 0.631. The standard InChI is InChI=1S/C16H20N2O3/c1-3-21-16(20)13-10-18-14-11(2)6-4-7-12(14)15(13)17-8-5-9-19/h4,6-7,10,19H,3,5,8-9H2,1-2H3,(H,17,18). The van der Waals surface area contributed by atoms with E-state index in [2.05, 4.69) is 10.3 Å². The van der Waals surface area contributed by atoms with Crippen molar-refractivity contribution in [3.05, 3.63) is 35.5 Å². The summed E-state index contributed by atoms with van der Waals surface area (Å²) in [5, 5.41) is 13.0. The van der Waals surface area contributed by atoms with Gasteiger partial charge in [0.05, 0.1) is 17.8 Å². The van der Waals surface area contributed by atoms with Crippen LogP contribution in [0, 0.1) is 6.92 Å². The Morgan fingerprint density at radius 3 is 2.95 bits per heavy atom. The van der Waals surface area contributed by atoms with Crippen LogP contribution in [0.15, 0.2) is 24.4 Å². The number of carbonyl (C=O) groups excluding carboxylic acids is 1. The van der Waals surface area contributed by atoms with Crippen LogP contribution in [0.1, 0.15) is 29.3 Å². The molecule has 2 rings (SSSR count). The molecule has 0 saturated carbocycles. The Labute approximate surface area is 124 Å². The monoisotopic (exact) mass is 288 g/mol. The number of esters is 1. The van der Waals surface area contributed by atoms with Crippen LogP contribution in [0.4, 0.5) is 5.69 Å². The molecule has 0 atom stereocenters. The molecule has 0 aliphatic carbocycles. The minimum Gasteiger partial charge on any atom is -0.462 e. The number of anilines is 1. The number of carbonyl (C=O) groups is 1. The summed E-state index contributed by atoms with van der Waals surface area (Å²) in [7, 11) is 0. The summed E-state index contributed by atoms with van der Waals surface area (Å²) in [5.74, 6) is -0.389. The van der Waals surface area contributed by atoms with E-state index in [1.807, 2.05) is 25.1 Å². The molecule has 0 spiro atoms. The molecule has 2 aromatic rings. The molecule has 1 aromatic heterocycles. The predicted molar refractivity (Wildman–Crippen MR) is 82.6 cm³/mol. The van der Waals surface area contributed by atoms with Gasteiger partial charge in [-0.2, -0.15) is 0 Å². The zero-order valence-electron chi connectivity index (χ0n) is 12.3. The average molecular weight is 288 g/mol. The van der Waals surface area contributed by atoms with E-state index in [-0.39, 0.29) is 12.6 Å². The number of fused-ring (bicyclic) bond motifs is 1. The van der Waals surface area contributed by atoms with Crippen molar-refractivity contribution in [2.75, 3.05) is 25.1 Å². The molecule has 5 nitrogen and oxygen atoms in total. The van der Waals surface area contributed by atoms with E-state index in [9.17, 15) is 4.79 Å². The van der Waals surface area contributed by atoms with Gasteiger partial charge in [0.1, 0.15) is 5.56 Å². The van der Waals surface area contributed by atoms with Crippen molar-refractivity contribution < 1.29 is 14.6 Å². The van der Waals surface area contributed by atoms with Crippen molar-refractivity contribution in [2.45, 2.75) is 20.3 Å². The van der Waals surface area contributed by atoms with Gasteiger partial charge in [-0.25, -0.2) is 4.79 Å². The second-order valence-corrected chi connectivity index (χ2v) is 4.74. The van der Waals surface area contributed by atoms with Crippen LogP contribution in [0.25, 0.3) is 10.9 Å². The summed E-state index contributed by atoms with van der Waals surface area (Å²) in [6, 6.07) is 5.85. The molecule has 0 amide bonds. The van der Waals surface area contributed by atoms with E-state index in [1.54, 1.807) is 13.1 Å². The van der Waals surface area contributed by atoms with Crippen molar-refractivity contribution in [3.63, 3.8) is 0 Å². The molecular weight excluding hydrogens is 268 g/mol. The van der Waals surface area contributed by atoms with Gasteiger partial charge in [0, 0.05) is 24.7 Å². The number of rotatable bonds is 6. The number of ether oxygens (including phenoxy) is 1. The van der Waals surface area contributed by atoms with Crippen LogP contribution in [-0.4, -0.2) is 35.8 Å². The SMILES string of the molecule is CCOC(=O)c1cnc2c(C)cccc2c1NCCCO. The van der Waals surface area contributed by atoms with Gasteiger partial charge in [-0.05, 0) is 25.8 Å². The molecule has 0 fully saturated rings. The Balaban J connectivity index is 2.51. The molecule has 0 aliphatic heterocycles. The van der Waals surface area contributed by atoms with Gasteiger partial charge in [0.25, 0.3) is 0 Å². The largest absolute Gasteiger partial charge is 0.462 e. The first kappa shape index (κ1) is 15.3. The minimum atomic E-state index is -0.389. The Kier molecular flexibility index (Phi) is 5.11. The van der Waals surface area contributed by atoms with Crippen LogP contribution in [0.2, 0.25) is 0 Å². The van der Waals surface area contributed by atoms with Crippen LogP contribution in [0.3, 0.4) is 0 Å². The third-order valence-electron chi connectivity index (χ3n) is 3.23. The van der Waals surface area contributed by atoms with E-state index in [4.69, 9.17) is 9.84 Å². The van der Waals surface area contributed by atoms with Gasteiger partial charge in [0.15, 0.2) is 0 Å². The van der Waals surface area contributed by atoms with Crippen molar-refractivity contribution >= 4 is 22.6 Å². The lowest BCUT2D eigenvalue weighted by atomic mass is 10.1. The third-order valence-corrected chi connectivity index (χ3v) is 3.23. The summed E-state index contributed by atoms with van der Waals surface area (Å²) in [6.45, 7) is 4.76. The van der Waals surface area contributed by atoms with Gasteiger partial charge in [0.2, 0.25) is 0 Å². The van der Waals surface area contributed by atoms with E-state index >= 15 is 0 Å². The summed E-state index contributed by atoms with van der Waals surface area (Å²) in [5.41, 5.74) is 3.05. The number of aliphatic hydroxyl groups excluding tert-OH is 1. The fourth-order valence-corrected chi connectivity index (χ4v) is 2.22. The van der Waals surface area contributed by atoms with E-state index < -0.39 is 0 Å². The van der Waals surface area contributed by atoms with Crippen LogP contribution >= 0.6 is 0 Å². The second kappa shape index (κ2) is 7.04. The first-order chi connectivity index (χ1) is 10.2. The maximum absolute atomic E-state index is 12.1. The molecule has 0 saturated heterocycles. The first-order valence-electron chi connectivity index (χ1n) is 7.09. The molecule has 1 heterocycles. The fraction of sp³-hybridized carbons (Fsp3) is 0.375. The average Bonchev–Trinajstić information content (AvgIpc) is 2.48. The third kappa shape index (κ3) is 3.31. The lowest BCUT2D eigenvalue weighted by molar-refractivity contribution is 0.0527. The molecule has 112 valence electrons. The Bertz CT molecular complexity index is 641. The number of nitrogens with one attached hydrogen (secondary N) is 1. The van der Waals surface area contributed by atoms with E-state index in [1.165, 1.54) is 0 Å². The molecule has 0 bridgehead atoms. The Hall–Kier alpha value is -2.14. The summed E-state index contributed by atoms with van der Waals surface area (Å²) in [6.07, 6.45) is 2.16. The van der Waals surface area contributed by atoms with Gasteiger partial charge in [-0.15, -0.1) is 0 Å². The normalized spacial score (nSPS) is 10.6. The van der Waals surface area contributed by atoms with Crippen molar-refractivity contribution in [1.82, 2.24) is 4.98 Å². The molecule has 21 heavy (non-hydrogen) atoms. The van der Waals surface area contributed by atoms with Crippen LogP contribution in [0.5, 0.6) is 0 Å². The Morgan fingerprint density at radius 1 is 1.43 bits per heavy atom. The maximum Gasteiger partial charge on any atom is 0.341 e. The number of aromatic nitrogens is 1. The van der Waals surface area contributed by atoms with Gasteiger partial charge >= 0.3 is 5.97 Å². The minimum absolute atomic E-state index is 0.101. The highest BCUT2D eigenvalue weighted by Gasteiger charge is 2.16. The number of aliphatic hydroxyl groups is 1. The maximum atomic E-state index is 12.1. The molecule has 0 unspecified atom stereocenters. The summed E-state index contributed by atoms with van der Waals surface area (Å²) in [4.78, 5) is 16.5. The number of nitrogens with zero attached hydrogens (tertiary/aromatic N) is 1. The van der Waals surface area contributed by atoms with Crippen LogP contribution in [-0.2, 0) is 4.74 Å². The molecule has 0 radical (unpaired) electrons. The highest BCUT2D eigenvalue weighted by molar-refractivity contribution is 6.05. The van der Waals surface area contributed by atoms with E-state index in [0.29, 0.717) is 25.1 Å². The van der Waals surface area contributed by atoms with Gasteiger partial charge < -0.3 is 15.2 Å². The van der Waals surface area contributed by atoms with E-state index in [0.717, 1.165) is 22.2 Å². The molecule has 1 aromatic carbocycles. The highest BCUT2D eigenvalue weighted by atomic mass is 16.5. The molecule has 2 N–H and O–H groups in total. The highest BCUT2D eigenvalue weighted by Crippen LogP contribution is 2.28. The van der Waals surface area contributed by atoms with Crippen molar-refractivity contribution in [3.8, 4) is 0 Å². The molecule has 5 heteroatoms. The Morgan fingerprint density at radius 2 is 2.24 bits per heavy atom. The summed E-state index contributed by atoms with van der Waals surface area (Å²) >= 11 is 0. The lowest BCUT2D eigenvalue weighted by Gasteiger charge is -2.14. The first-order valence-corrected chi connectivity index (χ1v) is 7.09. The zero-order chi connectivity index (χ0) is 15.2. The van der Waals surface area contributed by atoms with Gasteiger partial charge in [-0.3, -0.25) is 4.98 Å². The number of aryl methyl sites for hydroxylation is 1. The molecular formula is C16H20N2O3. The number of hydrogen-bond donors (Lipinski definition) is 2. The topological polar surface area (TPSA) is 71.5 Å². The lowest BCUT2D eigenvalue weighted by Crippen LogP contribution is -2.12.